The molecule has 1 unspecified atom stereocenters. The molecule has 106 valence electrons. The number of carbonyl (C=O) groups excluding carboxylic acids is 1. The molecule has 0 spiro atoms. The molecule has 1 atom stereocenters. The highest BCUT2D eigenvalue weighted by Gasteiger charge is 2.48. The number of hydrogen-bond donors (Lipinski definition) is 1. The van der Waals surface area contributed by atoms with Crippen LogP contribution in [0.3, 0.4) is 0 Å². The summed E-state index contributed by atoms with van der Waals surface area (Å²) >= 11 is 0. The quantitative estimate of drug-likeness (QED) is 0.832. The lowest BCUT2D eigenvalue weighted by atomic mass is 9.79. The second kappa shape index (κ2) is 4.56. The Hall–Kier alpha value is -1.50. The normalized spacial score (nSPS) is 25.8. The SMILES string of the molecule is Cc1nnnn1CCC(=O)N1CC(C)(C)C(C)(O)C1. The van der Waals surface area contributed by atoms with Gasteiger partial charge in [0.05, 0.1) is 12.1 Å². The predicted octanol–water partition coefficient (Wildman–Crippen LogP) is -0.00898. The highest BCUT2D eigenvalue weighted by Crippen LogP contribution is 2.38. The Balaban J connectivity index is 1.94. The van der Waals surface area contributed by atoms with Crippen LogP contribution >= 0.6 is 0 Å². The molecular weight excluding hydrogens is 246 g/mol. The first kappa shape index (κ1) is 13.9. The number of amides is 1. The molecule has 1 aliphatic heterocycles. The fraction of sp³-hybridized carbons (Fsp3) is 0.833. The van der Waals surface area contributed by atoms with Crippen LogP contribution in [0.15, 0.2) is 0 Å². The van der Waals surface area contributed by atoms with E-state index in [1.807, 2.05) is 13.8 Å². The van der Waals surface area contributed by atoms with E-state index in [9.17, 15) is 9.90 Å². The number of hydrogen-bond acceptors (Lipinski definition) is 5. The third-order valence-corrected chi connectivity index (χ3v) is 4.14. The van der Waals surface area contributed by atoms with Gasteiger partial charge in [0.25, 0.3) is 0 Å². The molecule has 1 aliphatic rings. The zero-order valence-electron chi connectivity index (χ0n) is 11.9. The topological polar surface area (TPSA) is 84.1 Å². The van der Waals surface area contributed by atoms with Crippen molar-refractivity contribution in [3.05, 3.63) is 5.82 Å². The Morgan fingerprint density at radius 3 is 2.53 bits per heavy atom. The van der Waals surface area contributed by atoms with Gasteiger partial charge in [0.1, 0.15) is 5.82 Å². The summed E-state index contributed by atoms with van der Waals surface area (Å²) in [4.78, 5) is 13.9. The van der Waals surface area contributed by atoms with Crippen molar-refractivity contribution in [2.45, 2.75) is 46.3 Å². The summed E-state index contributed by atoms with van der Waals surface area (Å²) < 4.78 is 1.61. The van der Waals surface area contributed by atoms with E-state index in [0.717, 1.165) is 0 Å². The molecule has 19 heavy (non-hydrogen) atoms. The lowest BCUT2D eigenvalue weighted by Crippen LogP contribution is -2.40. The van der Waals surface area contributed by atoms with Gasteiger partial charge >= 0.3 is 0 Å². The number of carbonyl (C=O) groups is 1. The first-order valence-corrected chi connectivity index (χ1v) is 6.46. The molecule has 1 saturated heterocycles. The molecule has 7 nitrogen and oxygen atoms in total. The summed E-state index contributed by atoms with van der Waals surface area (Å²) in [5.74, 6) is 0.724. The second-order valence-corrected chi connectivity index (χ2v) is 6.11. The van der Waals surface area contributed by atoms with Gasteiger partial charge in [-0.25, -0.2) is 4.68 Å². The fourth-order valence-electron chi connectivity index (χ4n) is 2.28. The van der Waals surface area contributed by atoms with E-state index in [0.29, 0.717) is 31.9 Å². The van der Waals surface area contributed by atoms with Crippen molar-refractivity contribution < 1.29 is 9.90 Å². The van der Waals surface area contributed by atoms with Crippen LogP contribution in [0.5, 0.6) is 0 Å². The monoisotopic (exact) mass is 267 g/mol. The van der Waals surface area contributed by atoms with Crippen LogP contribution in [0, 0.1) is 12.3 Å². The molecule has 7 heteroatoms. The summed E-state index contributed by atoms with van der Waals surface area (Å²) in [7, 11) is 0. The van der Waals surface area contributed by atoms with Crippen molar-refractivity contribution in [3.63, 3.8) is 0 Å². The minimum absolute atomic E-state index is 0.0285. The van der Waals surface area contributed by atoms with E-state index < -0.39 is 5.60 Å². The first-order valence-electron chi connectivity index (χ1n) is 6.46. The molecule has 1 aromatic rings. The molecule has 2 heterocycles. The molecule has 2 rings (SSSR count). The Bertz CT molecular complexity index is 464. The lowest BCUT2D eigenvalue weighted by molar-refractivity contribution is -0.131. The fourth-order valence-corrected chi connectivity index (χ4v) is 2.28. The zero-order chi connectivity index (χ0) is 14.3. The maximum absolute atomic E-state index is 12.2. The van der Waals surface area contributed by atoms with Crippen LogP contribution < -0.4 is 0 Å². The first-order chi connectivity index (χ1) is 8.73. The Morgan fingerprint density at radius 1 is 1.37 bits per heavy atom. The molecule has 0 aromatic carbocycles. The van der Waals surface area contributed by atoms with Gasteiger partial charge in [0.15, 0.2) is 0 Å². The van der Waals surface area contributed by atoms with Crippen molar-refractivity contribution in [3.8, 4) is 0 Å². The van der Waals surface area contributed by atoms with Crippen LogP contribution in [0.4, 0.5) is 0 Å². The van der Waals surface area contributed by atoms with Crippen molar-refractivity contribution in [2.75, 3.05) is 13.1 Å². The van der Waals surface area contributed by atoms with E-state index in [4.69, 9.17) is 0 Å². The third kappa shape index (κ3) is 2.60. The van der Waals surface area contributed by atoms with Crippen molar-refractivity contribution in [2.24, 2.45) is 5.41 Å². The molecule has 1 fully saturated rings. The average molecular weight is 267 g/mol. The molecule has 0 radical (unpaired) electrons. The predicted molar refractivity (Wildman–Crippen MR) is 68.2 cm³/mol. The van der Waals surface area contributed by atoms with Crippen molar-refractivity contribution in [1.29, 1.82) is 0 Å². The van der Waals surface area contributed by atoms with E-state index in [-0.39, 0.29) is 11.3 Å². The van der Waals surface area contributed by atoms with Gasteiger partial charge in [0, 0.05) is 24.9 Å². The molecule has 0 saturated carbocycles. The van der Waals surface area contributed by atoms with E-state index in [1.54, 1.807) is 23.4 Å². The van der Waals surface area contributed by atoms with Crippen LogP contribution in [0.2, 0.25) is 0 Å². The van der Waals surface area contributed by atoms with Gasteiger partial charge in [-0.2, -0.15) is 0 Å². The largest absolute Gasteiger partial charge is 0.388 e. The number of aliphatic hydroxyl groups is 1. The van der Waals surface area contributed by atoms with Gasteiger partial charge in [0.2, 0.25) is 5.91 Å². The average Bonchev–Trinajstić information content (AvgIpc) is 2.78. The highest BCUT2D eigenvalue weighted by molar-refractivity contribution is 5.76. The molecular formula is C12H21N5O2. The van der Waals surface area contributed by atoms with Crippen LogP contribution in [0.1, 0.15) is 33.0 Å². The van der Waals surface area contributed by atoms with Crippen LogP contribution in [-0.4, -0.2) is 54.8 Å². The maximum atomic E-state index is 12.2. The van der Waals surface area contributed by atoms with Crippen molar-refractivity contribution in [1.82, 2.24) is 25.1 Å². The number of nitrogens with zero attached hydrogens (tertiary/aromatic N) is 5. The minimum Gasteiger partial charge on any atom is -0.388 e. The minimum atomic E-state index is -0.840. The molecule has 0 aliphatic carbocycles. The van der Waals surface area contributed by atoms with Gasteiger partial charge in [-0.15, -0.1) is 5.10 Å². The van der Waals surface area contributed by atoms with E-state index in [2.05, 4.69) is 15.5 Å². The molecule has 1 aromatic heterocycles. The van der Waals surface area contributed by atoms with Crippen molar-refractivity contribution >= 4 is 5.91 Å². The van der Waals surface area contributed by atoms with Gasteiger partial charge in [-0.05, 0) is 24.3 Å². The van der Waals surface area contributed by atoms with Crippen LogP contribution in [-0.2, 0) is 11.3 Å². The number of rotatable bonds is 3. The van der Waals surface area contributed by atoms with Gasteiger partial charge in [-0.3, -0.25) is 4.79 Å². The number of aromatic nitrogens is 4. The summed E-state index contributed by atoms with van der Waals surface area (Å²) in [6, 6.07) is 0. The second-order valence-electron chi connectivity index (χ2n) is 6.11. The smallest absolute Gasteiger partial charge is 0.224 e. The Morgan fingerprint density at radius 2 is 2.05 bits per heavy atom. The molecule has 1 amide bonds. The standard InChI is InChI=1S/C12H21N5O2/c1-9-13-14-15-17(9)6-5-10(18)16-7-11(2,3)12(4,19)8-16/h19H,5-8H2,1-4H3. The Labute approximate surface area is 112 Å². The van der Waals surface area contributed by atoms with E-state index >= 15 is 0 Å². The number of aryl methyl sites for hydroxylation is 2. The van der Waals surface area contributed by atoms with Gasteiger partial charge < -0.3 is 10.0 Å². The third-order valence-electron chi connectivity index (χ3n) is 4.14. The maximum Gasteiger partial charge on any atom is 0.224 e. The van der Waals surface area contributed by atoms with Crippen LogP contribution in [0.25, 0.3) is 0 Å². The summed E-state index contributed by atoms with van der Waals surface area (Å²) in [5, 5.41) is 21.4. The van der Waals surface area contributed by atoms with Gasteiger partial charge in [-0.1, -0.05) is 13.8 Å². The number of β-amino-alcohol motifs (C(OH)–C–C–N with tert-alkyl or cyclic N) is 1. The zero-order valence-corrected chi connectivity index (χ0v) is 11.9. The highest BCUT2D eigenvalue weighted by atomic mass is 16.3. The molecule has 1 N–H and O–H groups in total. The number of likely N-dealkylation sites (tertiary alicyclic amines) is 1. The number of tetrazole rings is 1. The lowest BCUT2D eigenvalue weighted by Gasteiger charge is -2.30. The Kier molecular flexibility index (Phi) is 3.34. The molecule has 0 bridgehead atoms. The van der Waals surface area contributed by atoms with E-state index in [1.165, 1.54) is 0 Å². The summed E-state index contributed by atoms with van der Waals surface area (Å²) in [6.07, 6.45) is 0.345. The summed E-state index contributed by atoms with van der Waals surface area (Å²) in [6.45, 7) is 8.97. The summed E-state index contributed by atoms with van der Waals surface area (Å²) in [5.41, 5.74) is -1.12.